The molecule has 0 aromatic heterocycles. The van der Waals surface area contributed by atoms with Crippen molar-refractivity contribution in [1.29, 1.82) is 0 Å². The molecule has 262 valence electrons. The number of benzene rings is 3. The van der Waals surface area contributed by atoms with Crippen molar-refractivity contribution >= 4 is 35.5 Å². The summed E-state index contributed by atoms with van der Waals surface area (Å²) in [4.78, 5) is 48.9. The molecule has 3 aromatic carbocycles. The number of nitrogens with two attached hydrogens (primary N) is 1. The van der Waals surface area contributed by atoms with E-state index in [1.807, 2.05) is 60.7 Å². The zero-order valence-corrected chi connectivity index (χ0v) is 34.6. The van der Waals surface area contributed by atoms with Gasteiger partial charge in [-0.3, -0.25) is 4.79 Å². The monoisotopic (exact) mass is 750 g/mol. The Hall–Kier alpha value is -1.78. The fourth-order valence-corrected chi connectivity index (χ4v) is 6.94. The number of carbonyl (C=O) groups excluding carboxylic acids is 2. The van der Waals surface area contributed by atoms with E-state index in [2.05, 4.69) is 15.2 Å². The Morgan fingerprint density at radius 2 is 1.48 bits per heavy atom. The van der Waals surface area contributed by atoms with E-state index in [1.54, 1.807) is 13.8 Å². The largest absolute Gasteiger partial charge is 1.00 e. The number of hydrogen-bond donors (Lipinski definition) is 3. The predicted molar refractivity (Wildman–Crippen MR) is 178 cm³/mol. The number of amides is 2. The number of nitrogens with one attached hydrogen (secondary N) is 2. The zero-order chi connectivity index (χ0) is 37.1. The molecule has 3 aromatic rings. The molecule has 0 aliphatic carbocycles. The molecule has 0 bridgehead atoms. The van der Waals surface area contributed by atoms with E-state index in [-0.39, 0.29) is 95.5 Å². The third-order valence-corrected chi connectivity index (χ3v) is 9.39. The fraction of sp³-hybridized carbons (Fsp3) is 0.394. The van der Waals surface area contributed by atoms with Gasteiger partial charge in [0, 0.05) is 32.1 Å². The molecule has 4 N–H and O–H groups in total. The maximum atomic E-state index is 13.9. The first-order chi connectivity index (χ1) is 23.6. The van der Waals surface area contributed by atoms with Gasteiger partial charge in [-0.25, -0.2) is 13.2 Å². The second kappa shape index (κ2) is 22.3. The van der Waals surface area contributed by atoms with Crippen LogP contribution in [0.5, 0.6) is 0 Å². The van der Waals surface area contributed by atoms with Gasteiger partial charge in [-0.05, 0) is 54.2 Å². The Labute approximate surface area is 341 Å². The Balaban J connectivity index is 0.00000676. The number of sulfonamides is 1. The van der Waals surface area contributed by atoms with Crippen LogP contribution in [0.3, 0.4) is 0 Å². The van der Waals surface area contributed by atoms with E-state index in [0.717, 1.165) is 11.1 Å². The molecule has 13 nitrogen and oxygen atoms in total. The Morgan fingerprint density at radius 3 is 1.96 bits per heavy atom. The first-order valence-electron chi connectivity index (χ1n) is 16.4. The molecule has 3 rings (SSSR count). The van der Waals surface area contributed by atoms with Crippen LogP contribution in [0, 0.1) is 5.92 Å². The summed E-state index contributed by atoms with van der Waals surface area (Å²) in [5, 5.41) is 5.42. The third kappa shape index (κ3) is 14.7. The van der Waals surface area contributed by atoms with Gasteiger partial charge in [0.25, 0.3) is 0 Å². The number of nitrogens with zero attached hydrogens (tertiary/aromatic N) is 1. The van der Waals surface area contributed by atoms with Crippen LogP contribution in [0.15, 0.2) is 89.8 Å². The quantitative estimate of drug-likeness (QED) is 0.0520. The van der Waals surface area contributed by atoms with Crippen molar-refractivity contribution < 1.29 is 103 Å². The van der Waals surface area contributed by atoms with Crippen molar-refractivity contribution in [1.82, 2.24) is 14.9 Å². The number of rotatable bonds is 18. The summed E-state index contributed by atoms with van der Waals surface area (Å²) in [6, 6.07) is 20.7. The van der Waals surface area contributed by atoms with Gasteiger partial charge in [-0.2, -0.15) is 4.31 Å². The maximum Gasteiger partial charge on any atom is 1.00 e. The van der Waals surface area contributed by atoms with Gasteiger partial charge in [0.15, 0.2) is 0 Å². The number of phosphoric acid groups is 1. The minimum absolute atomic E-state index is 0. The van der Waals surface area contributed by atoms with E-state index in [4.69, 9.17) is 13.2 Å². The van der Waals surface area contributed by atoms with Crippen molar-refractivity contribution in [2.45, 2.75) is 56.0 Å². The number of ether oxygens (including phenoxy) is 1. The summed E-state index contributed by atoms with van der Waals surface area (Å²) >= 11 is 0. The fourth-order valence-electron chi connectivity index (χ4n) is 5.01. The van der Waals surface area contributed by atoms with Crippen molar-refractivity contribution in [2.24, 2.45) is 5.92 Å². The van der Waals surface area contributed by atoms with Crippen LogP contribution >= 0.6 is 7.82 Å². The summed E-state index contributed by atoms with van der Waals surface area (Å²) in [6.07, 6.45) is -0.715. The normalized spacial score (nSPS) is 14.6. The molecule has 0 radical (unpaired) electrons. The second-order valence-corrected chi connectivity index (χ2v) is 14.2. The molecular formula is C33H43N4Na2O9PS. The number of methoxy groups -OCH3 is 1. The topological polar surface area (TPSA) is 203 Å². The average Bonchev–Trinajstić information content (AvgIpc) is 3.07. The zero-order valence-electron chi connectivity index (χ0n) is 30.9. The first kappa shape index (κ1) is 42.6. The number of anilines is 1. The van der Waals surface area contributed by atoms with Crippen LogP contribution in [0.1, 0.15) is 52.9 Å². The van der Waals surface area contributed by atoms with Crippen molar-refractivity contribution in [3.8, 4) is 0 Å². The summed E-state index contributed by atoms with van der Waals surface area (Å²) in [7, 11) is -9.08. The minimum atomic E-state index is -5.73. The molecule has 0 saturated carbocycles. The molecule has 17 heteroatoms. The van der Waals surface area contributed by atoms with E-state index >= 15 is 0 Å². The van der Waals surface area contributed by atoms with Crippen molar-refractivity contribution in [3.63, 3.8) is 0 Å². The predicted octanol–water partition coefficient (Wildman–Crippen LogP) is -3.02. The van der Waals surface area contributed by atoms with Gasteiger partial charge >= 0.3 is 65.2 Å². The van der Waals surface area contributed by atoms with E-state index in [1.165, 1.54) is 31.4 Å². The van der Waals surface area contributed by atoms with Crippen LogP contribution < -0.4 is 85.3 Å². The summed E-state index contributed by atoms with van der Waals surface area (Å²) in [5.41, 5.74) is 7.51. The minimum Gasteiger partial charge on any atom is -0.790 e. The van der Waals surface area contributed by atoms with Crippen LogP contribution in [0.2, 0.25) is 0 Å². The molecule has 2 unspecified atom stereocenters. The van der Waals surface area contributed by atoms with Crippen LogP contribution in [-0.4, -0.2) is 63.6 Å². The Morgan fingerprint density at radius 1 is 0.940 bits per heavy atom. The number of alkyl carbamates (subject to hydrolysis) is 1. The number of phosphoric ester groups is 1. The van der Waals surface area contributed by atoms with E-state index in [9.17, 15) is 32.4 Å². The Bertz CT molecular complexity index is 1660. The van der Waals surface area contributed by atoms with E-state index < -0.39 is 66.9 Å². The summed E-state index contributed by atoms with van der Waals surface area (Å²) < 4.78 is 66.3. The molecule has 0 saturated heterocycles. The SMILES string of the molecule is [2H]C(OP(=O)([O-])[O-])[C@H](CCCCNC(=O)[C@@H](NC(=O)OC)C(c1ccccc1)c1ccccc1)N(C([2H])C(C)C)S(=O)(=O)c1ccc(N)cc1.[Na+].[Na+]. The van der Waals surface area contributed by atoms with Gasteiger partial charge in [0.2, 0.25) is 15.9 Å². The second-order valence-electron chi connectivity index (χ2n) is 11.3. The van der Waals surface area contributed by atoms with E-state index in [0.29, 0.717) is 4.31 Å². The van der Waals surface area contributed by atoms with Gasteiger partial charge in [0.1, 0.15) is 6.04 Å². The van der Waals surface area contributed by atoms with Crippen LogP contribution in [0.4, 0.5) is 10.5 Å². The summed E-state index contributed by atoms with van der Waals surface area (Å²) in [5.74, 6) is -1.75. The molecule has 0 fully saturated rings. The van der Waals surface area contributed by atoms with Crippen molar-refractivity contribution in [2.75, 3.05) is 32.5 Å². The smallest absolute Gasteiger partial charge is 0.790 e. The molecule has 4 atom stereocenters. The average molecular weight is 751 g/mol. The van der Waals surface area contributed by atoms with Crippen LogP contribution in [-0.2, 0) is 28.6 Å². The van der Waals surface area contributed by atoms with Crippen molar-refractivity contribution in [3.05, 3.63) is 96.1 Å². The standard InChI is InChI=1S/C33H45N4O9PS.2Na/c1-24(2)22-37(48(43,44)29-19-17-27(34)18-20-29)28(23-46-47(40,41)42)16-10-11-21-35-32(38)31(36-33(39)45-3)30(25-12-6-4-7-13-25)26-14-8-5-9-15-26;;/h4-9,12-15,17-20,24,28,30-31H,10-11,16,21-23,34H2,1-3H3,(H,35,38)(H,36,39)(H2,40,41,42);;/q;2*+1/p-2/t28-,31-;;/m0../s1/i22D,23D;;/t22?,23?,28-,31-;;. The maximum absolute atomic E-state index is 13.9. The van der Waals surface area contributed by atoms with Gasteiger partial charge in [0.05, 0.1) is 27.8 Å². The molecule has 0 heterocycles. The first-order valence-corrected chi connectivity index (χ1v) is 18.1. The number of carbonyl (C=O) groups is 2. The summed E-state index contributed by atoms with van der Waals surface area (Å²) in [6.45, 7) is -0.482. The molecule has 0 aliphatic heterocycles. The van der Waals surface area contributed by atoms with Crippen LogP contribution in [0.25, 0.3) is 0 Å². The third-order valence-electron chi connectivity index (χ3n) is 7.19. The Kier molecular flexibility index (Phi) is 19.0. The number of hydrogen-bond acceptors (Lipinski definition) is 10. The number of unbranched alkanes of at least 4 members (excludes halogenated alkanes) is 1. The molecule has 0 aliphatic rings. The molecule has 50 heavy (non-hydrogen) atoms. The van der Waals surface area contributed by atoms with Gasteiger partial charge < -0.3 is 40.0 Å². The molecular weight excluding hydrogens is 705 g/mol. The molecule has 2 amide bonds. The number of nitrogen functional groups attached to an aromatic ring is 1. The van der Waals surface area contributed by atoms with Gasteiger partial charge in [-0.1, -0.05) is 80.9 Å². The molecule has 0 spiro atoms. The van der Waals surface area contributed by atoms with Gasteiger partial charge in [-0.15, -0.1) is 0 Å².